The maximum atomic E-state index is 12.2. The smallest absolute Gasteiger partial charge is 0.356 e. The first kappa shape index (κ1) is 14.6. The lowest BCUT2D eigenvalue weighted by molar-refractivity contribution is 0.0687. The van der Waals surface area contributed by atoms with Crippen LogP contribution in [0.25, 0.3) is 0 Å². The number of pyridine rings is 1. The van der Waals surface area contributed by atoms with Crippen molar-refractivity contribution >= 4 is 27.3 Å². The number of carbonyl (C=O) groups is 1. The van der Waals surface area contributed by atoms with Crippen LogP contribution in [0.3, 0.4) is 0 Å². The predicted octanol–water partition coefficient (Wildman–Crippen LogP) is 1.28. The number of hydrogen-bond donors (Lipinski definition) is 2. The van der Waals surface area contributed by atoms with Crippen LogP contribution in [0.15, 0.2) is 34.2 Å². The lowest BCUT2D eigenvalue weighted by Gasteiger charge is -2.13. The molecule has 0 aliphatic heterocycles. The molecular formula is C11H11N3O4S2. The minimum absolute atomic E-state index is 0.300. The van der Waals surface area contributed by atoms with Gasteiger partial charge in [0.25, 0.3) is 10.0 Å². The zero-order valence-electron chi connectivity index (χ0n) is 10.3. The van der Waals surface area contributed by atoms with Gasteiger partial charge in [0.2, 0.25) is 0 Å². The summed E-state index contributed by atoms with van der Waals surface area (Å²) in [5, 5.41) is 8.91. The SMILES string of the molecule is CC(NS(=O)(=O)c1scnc1C(=O)O)c1ccncc1. The van der Waals surface area contributed by atoms with E-state index < -0.39 is 27.7 Å². The van der Waals surface area contributed by atoms with E-state index in [1.54, 1.807) is 31.5 Å². The Kier molecular flexibility index (Phi) is 4.12. The summed E-state index contributed by atoms with van der Waals surface area (Å²) in [7, 11) is -3.94. The maximum absolute atomic E-state index is 12.2. The largest absolute Gasteiger partial charge is 0.476 e. The van der Waals surface area contributed by atoms with Crippen molar-refractivity contribution in [3.63, 3.8) is 0 Å². The Labute approximate surface area is 119 Å². The number of nitrogens with zero attached hydrogens (tertiary/aromatic N) is 2. The van der Waals surface area contributed by atoms with Crippen LogP contribution in [0.4, 0.5) is 0 Å². The van der Waals surface area contributed by atoms with Gasteiger partial charge < -0.3 is 5.11 Å². The molecule has 2 aromatic heterocycles. The van der Waals surface area contributed by atoms with Gasteiger partial charge in [0.15, 0.2) is 9.90 Å². The summed E-state index contributed by atoms with van der Waals surface area (Å²) in [5.74, 6) is -1.37. The molecule has 0 amide bonds. The Bertz CT molecular complexity index is 712. The van der Waals surface area contributed by atoms with Gasteiger partial charge in [-0.3, -0.25) is 4.98 Å². The number of carboxylic acids is 1. The van der Waals surface area contributed by atoms with Crippen molar-refractivity contribution in [2.45, 2.75) is 17.2 Å². The van der Waals surface area contributed by atoms with Gasteiger partial charge >= 0.3 is 5.97 Å². The number of carboxylic acid groups (broad SMARTS) is 1. The van der Waals surface area contributed by atoms with Crippen molar-refractivity contribution < 1.29 is 18.3 Å². The van der Waals surface area contributed by atoms with Crippen LogP contribution in [-0.4, -0.2) is 29.5 Å². The molecule has 9 heteroatoms. The summed E-state index contributed by atoms with van der Waals surface area (Å²) < 4.78 is 26.5. The third kappa shape index (κ3) is 3.00. The Balaban J connectivity index is 2.28. The molecule has 20 heavy (non-hydrogen) atoms. The first-order valence-electron chi connectivity index (χ1n) is 5.51. The second kappa shape index (κ2) is 5.65. The van der Waals surface area contributed by atoms with Gasteiger partial charge in [0.05, 0.1) is 5.51 Å². The summed E-state index contributed by atoms with van der Waals surface area (Å²) >= 11 is 0.767. The highest BCUT2D eigenvalue weighted by Crippen LogP contribution is 2.22. The first-order chi connectivity index (χ1) is 9.42. The molecule has 1 atom stereocenters. The minimum Gasteiger partial charge on any atom is -0.476 e. The van der Waals surface area contributed by atoms with Crippen LogP contribution in [0.2, 0.25) is 0 Å². The van der Waals surface area contributed by atoms with Crippen molar-refractivity contribution in [1.82, 2.24) is 14.7 Å². The van der Waals surface area contributed by atoms with Crippen molar-refractivity contribution in [3.8, 4) is 0 Å². The van der Waals surface area contributed by atoms with Crippen LogP contribution in [-0.2, 0) is 10.0 Å². The second-order valence-corrected chi connectivity index (χ2v) is 6.68. The van der Waals surface area contributed by atoms with Gasteiger partial charge in [-0.1, -0.05) is 0 Å². The molecule has 0 saturated heterocycles. The highest BCUT2D eigenvalue weighted by atomic mass is 32.2. The van der Waals surface area contributed by atoms with Gasteiger partial charge in [0, 0.05) is 18.4 Å². The highest BCUT2D eigenvalue weighted by molar-refractivity contribution is 7.91. The Morgan fingerprint density at radius 3 is 2.65 bits per heavy atom. The monoisotopic (exact) mass is 313 g/mol. The Morgan fingerprint density at radius 2 is 2.05 bits per heavy atom. The second-order valence-electron chi connectivity index (χ2n) is 3.92. The van der Waals surface area contributed by atoms with Crippen molar-refractivity contribution in [3.05, 3.63) is 41.3 Å². The van der Waals surface area contributed by atoms with Gasteiger partial charge in [-0.25, -0.2) is 22.9 Å². The van der Waals surface area contributed by atoms with Crippen LogP contribution in [0, 0.1) is 0 Å². The summed E-state index contributed by atoms with van der Waals surface area (Å²) in [4.78, 5) is 18.3. The molecule has 106 valence electrons. The third-order valence-electron chi connectivity index (χ3n) is 2.52. The van der Waals surface area contributed by atoms with E-state index in [1.165, 1.54) is 5.51 Å². The van der Waals surface area contributed by atoms with Gasteiger partial charge in [-0.2, -0.15) is 0 Å². The van der Waals surface area contributed by atoms with Gasteiger partial charge in [-0.05, 0) is 24.6 Å². The molecule has 2 rings (SSSR count). The molecule has 0 bridgehead atoms. The van der Waals surface area contributed by atoms with E-state index in [0.29, 0.717) is 0 Å². The summed E-state index contributed by atoms with van der Waals surface area (Å²) in [5.41, 5.74) is 1.45. The Hall–Kier alpha value is -1.84. The van der Waals surface area contributed by atoms with E-state index >= 15 is 0 Å². The van der Waals surface area contributed by atoms with E-state index in [9.17, 15) is 13.2 Å². The predicted molar refractivity (Wildman–Crippen MR) is 72.0 cm³/mol. The maximum Gasteiger partial charge on any atom is 0.356 e. The Morgan fingerprint density at radius 1 is 1.40 bits per heavy atom. The number of aromatic nitrogens is 2. The molecule has 2 N–H and O–H groups in total. The fraction of sp³-hybridized carbons (Fsp3) is 0.182. The van der Waals surface area contributed by atoms with Crippen LogP contribution in [0.1, 0.15) is 29.0 Å². The van der Waals surface area contributed by atoms with E-state index in [-0.39, 0.29) is 4.21 Å². The number of nitrogens with one attached hydrogen (secondary N) is 1. The summed E-state index contributed by atoms with van der Waals surface area (Å²) in [6, 6.07) is 2.85. The molecule has 0 radical (unpaired) electrons. The van der Waals surface area contributed by atoms with Crippen LogP contribution < -0.4 is 4.72 Å². The van der Waals surface area contributed by atoms with Crippen molar-refractivity contribution in [1.29, 1.82) is 0 Å². The average Bonchev–Trinajstić information content (AvgIpc) is 2.89. The third-order valence-corrected chi connectivity index (χ3v) is 5.43. The van der Waals surface area contributed by atoms with Crippen LogP contribution in [0.5, 0.6) is 0 Å². The normalized spacial score (nSPS) is 13.1. The van der Waals surface area contributed by atoms with E-state index in [4.69, 9.17) is 5.11 Å². The summed E-state index contributed by atoms with van der Waals surface area (Å²) in [6.45, 7) is 1.66. The fourth-order valence-electron chi connectivity index (χ4n) is 1.57. The zero-order valence-corrected chi connectivity index (χ0v) is 12.0. The molecule has 0 aromatic carbocycles. The first-order valence-corrected chi connectivity index (χ1v) is 7.87. The molecule has 0 aliphatic carbocycles. The van der Waals surface area contributed by atoms with E-state index in [2.05, 4.69) is 14.7 Å². The van der Waals surface area contributed by atoms with Gasteiger partial charge in [-0.15, -0.1) is 11.3 Å². The molecule has 0 aliphatic rings. The number of hydrogen-bond acceptors (Lipinski definition) is 6. The fourth-order valence-corrected chi connectivity index (χ4v) is 3.96. The van der Waals surface area contributed by atoms with Crippen molar-refractivity contribution in [2.75, 3.05) is 0 Å². The van der Waals surface area contributed by atoms with E-state index in [1.807, 2.05) is 0 Å². The highest BCUT2D eigenvalue weighted by Gasteiger charge is 2.27. The molecule has 0 saturated carbocycles. The lowest BCUT2D eigenvalue weighted by Crippen LogP contribution is -2.27. The van der Waals surface area contributed by atoms with Crippen LogP contribution >= 0.6 is 11.3 Å². The number of aromatic carboxylic acids is 1. The number of rotatable bonds is 5. The number of sulfonamides is 1. The topological polar surface area (TPSA) is 109 Å². The molecule has 1 unspecified atom stereocenters. The zero-order chi connectivity index (χ0) is 14.8. The quantitative estimate of drug-likeness (QED) is 0.860. The minimum atomic E-state index is -3.94. The van der Waals surface area contributed by atoms with E-state index in [0.717, 1.165) is 16.9 Å². The average molecular weight is 313 g/mol. The van der Waals surface area contributed by atoms with Crippen molar-refractivity contribution in [2.24, 2.45) is 0 Å². The lowest BCUT2D eigenvalue weighted by atomic mass is 10.1. The molecule has 7 nitrogen and oxygen atoms in total. The standard InChI is InChI=1S/C11H11N3O4S2/c1-7(8-2-4-12-5-3-8)14-20(17,18)11-9(10(15)16)13-6-19-11/h2-7,14H,1H3,(H,15,16). The number of thiazole rings is 1. The summed E-state index contributed by atoms with van der Waals surface area (Å²) in [6.07, 6.45) is 3.10. The molecule has 0 spiro atoms. The molecular weight excluding hydrogens is 302 g/mol. The van der Waals surface area contributed by atoms with Gasteiger partial charge in [0.1, 0.15) is 0 Å². The molecule has 0 fully saturated rings. The molecule has 2 heterocycles. The molecule has 2 aromatic rings.